The minimum Gasteiger partial charge on any atom is -0.480 e. The Morgan fingerprint density at radius 1 is 1.44 bits per heavy atom. The van der Waals surface area contributed by atoms with Crippen molar-refractivity contribution in [2.75, 3.05) is 0 Å². The number of aliphatic carboxylic acids is 1. The Hall–Kier alpha value is -1.86. The van der Waals surface area contributed by atoms with Crippen molar-refractivity contribution in [3.8, 4) is 6.07 Å². The molecule has 0 fully saturated rings. The van der Waals surface area contributed by atoms with E-state index in [4.69, 9.17) is 5.26 Å². The second kappa shape index (κ2) is 6.18. The fourth-order valence-corrected chi connectivity index (χ4v) is 1.90. The minimum atomic E-state index is -0.886. The van der Waals surface area contributed by atoms with Gasteiger partial charge in [-0.2, -0.15) is 5.26 Å². The van der Waals surface area contributed by atoms with Crippen molar-refractivity contribution in [3.63, 3.8) is 0 Å². The maximum Gasteiger partial charge on any atom is 0.323 e. The van der Waals surface area contributed by atoms with Crippen LogP contribution in [0.2, 0.25) is 0 Å². The monoisotopic (exact) mass is 246 g/mol. The van der Waals surface area contributed by atoms with Crippen LogP contribution in [-0.2, 0) is 11.3 Å². The van der Waals surface area contributed by atoms with Crippen molar-refractivity contribution in [1.29, 1.82) is 5.26 Å². The van der Waals surface area contributed by atoms with Crippen LogP contribution in [-0.4, -0.2) is 16.6 Å². The molecule has 2 N–H and O–H groups in total. The molecule has 0 saturated heterocycles. The third-order valence-electron chi connectivity index (χ3n) is 3.30. The van der Waals surface area contributed by atoms with Crippen molar-refractivity contribution in [2.45, 2.75) is 38.8 Å². The fourth-order valence-electron chi connectivity index (χ4n) is 1.90. The van der Waals surface area contributed by atoms with E-state index < -0.39 is 11.5 Å². The quantitative estimate of drug-likeness (QED) is 0.807. The van der Waals surface area contributed by atoms with Gasteiger partial charge in [-0.1, -0.05) is 26.0 Å². The van der Waals surface area contributed by atoms with Gasteiger partial charge >= 0.3 is 5.97 Å². The number of hydrogen-bond donors (Lipinski definition) is 2. The number of nitrogens with zero attached hydrogens (tertiary/aromatic N) is 1. The Bertz CT molecular complexity index is 459. The van der Waals surface area contributed by atoms with E-state index in [2.05, 4.69) is 11.4 Å². The van der Waals surface area contributed by atoms with Crippen LogP contribution in [0, 0.1) is 11.3 Å². The Labute approximate surface area is 107 Å². The lowest BCUT2D eigenvalue weighted by molar-refractivity contribution is -0.145. The summed E-state index contributed by atoms with van der Waals surface area (Å²) in [4.78, 5) is 11.3. The zero-order valence-corrected chi connectivity index (χ0v) is 10.7. The molecule has 0 radical (unpaired) electrons. The molecule has 1 aromatic rings. The SMILES string of the molecule is CCC(CC)(NCc1cccc(C#N)c1)C(=O)O. The van der Waals surface area contributed by atoms with Gasteiger partial charge in [0.25, 0.3) is 0 Å². The second-order valence-electron chi connectivity index (χ2n) is 4.26. The molecule has 0 amide bonds. The van der Waals surface area contributed by atoms with Crippen LogP contribution < -0.4 is 5.32 Å². The highest BCUT2D eigenvalue weighted by molar-refractivity contribution is 5.78. The van der Waals surface area contributed by atoms with Crippen LogP contribution >= 0.6 is 0 Å². The molecule has 0 aliphatic carbocycles. The van der Waals surface area contributed by atoms with E-state index in [9.17, 15) is 9.90 Å². The first-order valence-electron chi connectivity index (χ1n) is 6.05. The summed E-state index contributed by atoms with van der Waals surface area (Å²) in [5.41, 5.74) is 0.618. The maximum atomic E-state index is 11.3. The average molecular weight is 246 g/mol. The minimum absolute atomic E-state index is 0.448. The first-order chi connectivity index (χ1) is 8.57. The van der Waals surface area contributed by atoms with Gasteiger partial charge in [0.1, 0.15) is 5.54 Å². The van der Waals surface area contributed by atoms with Crippen molar-refractivity contribution in [1.82, 2.24) is 5.32 Å². The van der Waals surface area contributed by atoms with Gasteiger partial charge in [0.2, 0.25) is 0 Å². The highest BCUT2D eigenvalue weighted by atomic mass is 16.4. The summed E-state index contributed by atoms with van der Waals surface area (Å²) < 4.78 is 0. The Balaban J connectivity index is 2.79. The third kappa shape index (κ3) is 3.08. The van der Waals surface area contributed by atoms with E-state index in [0.717, 1.165) is 5.56 Å². The smallest absolute Gasteiger partial charge is 0.323 e. The van der Waals surface area contributed by atoms with Gasteiger partial charge in [0, 0.05) is 6.54 Å². The zero-order chi connectivity index (χ0) is 13.6. The molecule has 0 heterocycles. The molecule has 1 aromatic carbocycles. The van der Waals surface area contributed by atoms with Crippen LogP contribution in [0.4, 0.5) is 0 Å². The molecule has 0 aromatic heterocycles. The van der Waals surface area contributed by atoms with E-state index >= 15 is 0 Å². The standard InChI is InChI=1S/C14H18N2O2/c1-3-14(4-2,13(17)18)16-10-12-7-5-6-11(8-12)9-15/h5-8,16H,3-4,10H2,1-2H3,(H,17,18). The second-order valence-corrected chi connectivity index (χ2v) is 4.26. The molecule has 0 spiro atoms. The first-order valence-corrected chi connectivity index (χ1v) is 6.05. The highest BCUT2D eigenvalue weighted by Crippen LogP contribution is 2.16. The average Bonchev–Trinajstić information content (AvgIpc) is 2.40. The highest BCUT2D eigenvalue weighted by Gasteiger charge is 2.33. The van der Waals surface area contributed by atoms with Gasteiger partial charge in [-0.15, -0.1) is 0 Å². The predicted molar refractivity (Wildman–Crippen MR) is 68.9 cm³/mol. The largest absolute Gasteiger partial charge is 0.480 e. The molecule has 96 valence electrons. The summed E-state index contributed by atoms with van der Waals surface area (Å²) in [6.07, 6.45) is 1.05. The molecule has 4 nitrogen and oxygen atoms in total. The molecule has 0 atom stereocenters. The molecule has 4 heteroatoms. The number of nitrogens with one attached hydrogen (secondary N) is 1. The number of carboxylic acid groups (broad SMARTS) is 1. The van der Waals surface area contributed by atoms with Crippen molar-refractivity contribution in [2.24, 2.45) is 0 Å². The lowest BCUT2D eigenvalue weighted by atomic mass is 9.92. The van der Waals surface area contributed by atoms with Gasteiger partial charge < -0.3 is 5.11 Å². The van der Waals surface area contributed by atoms with E-state index in [1.54, 1.807) is 18.2 Å². The summed E-state index contributed by atoms with van der Waals surface area (Å²) in [6.45, 7) is 4.16. The predicted octanol–water partition coefficient (Wildman–Crippen LogP) is 2.29. The van der Waals surface area contributed by atoms with Crippen LogP contribution in [0.5, 0.6) is 0 Å². The summed E-state index contributed by atoms with van der Waals surface area (Å²) in [6, 6.07) is 9.25. The third-order valence-corrected chi connectivity index (χ3v) is 3.30. The number of benzene rings is 1. The van der Waals surface area contributed by atoms with Gasteiger partial charge in [-0.25, -0.2) is 0 Å². The first kappa shape index (κ1) is 14.2. The van der Waals surface area contributed by atoms with Gasteiger partial charge in [-0.05, 0) is 30.5 Å². The van der Waals surface area contributed by atoms with Gasteiger partial charge in [0.05, 0.1) is 11.6 Å². The molecule has 1 rings (SSSR count). The number of carboxylic acids is 1. The van der Waals surface area contributed by atoms with Crippen LogP contribution in [0.25, 0.3) is 0 Å². The Morgan fingerprint density at radius 3 is 2.61 bits per heavy atom. The summed E-state index contributed by atoms with van der Waals surface area (Å²) in [5.74, 6) is -0.830. The van der Waals surface area contributed by atoms with Crippen molar-refractivity contribution in [3.05, 3.63) is 35.4 Å². The lowest BCUT2D eigenvalue weighted by Gasteiger charge is -2.28. The zero-order valence-electron chi connectivity index (χ0n) is 10.7. The molecule has 18 heavy (non-hydrogen) atoms. The van der Waals surface area contributed by atoms with E-state index in [0.29, 0.717) is 24.9 Å². The summed E-state index contributed by atoms with van der Waals surface area (Å²) >= 11 is 0. The molecular weight excluding hydrogens is 228 g/mol. The van der Waals surface area contributed by atoms with Gasteiger partial charge in [-0.3, -0.25) is 10.1 Å². The van der Waals surface area contributed by atoms with Crippen LogP contribution in [0.15, 0.2) is 24.3 Å². The summed E-state index contributed by atoms with van der Waals surface area (Å²) in [5, 5.41) is 21.2. The van der Waals surface area contributed by atoms with E-state index in [1.165, 1.54) is 0 Å². The fraction of sp³-hybridized carbons (Fsp3) is 0.429. The molecular formula is C14H18N2O2. The Kier molecular flexibility index (Phi) is 4.87. The van der Waals surface area contributed by atoms with Gasteiger partial charge in [0.15, 0.2) is 0 Å². The lowest BCUT2D eigenvalue weighted by Crippen LogP contribution is -2.50. The Morgan fingerprint density at radius 2 is 2.11 bits per heavy atom. The summed E-state index contributed by atoms with van der Waals surface area (Å²) in [7, 11) is 0. The molecule has 0 saturated carbocycles. The molecule has 0 aliphatic heterocycles. The number of hydrogen-bond acceptors (Lipinski definition) is 3. The van der Waals surface area contributed by atoms with E-state index in [1.807, 2.05) is 19.9 Å². The molecule has 0 bridgehead atoms. The normalized spacial score (nSPS) is 10.9. The number of nitriles is 1. The maximum absolute atomic E-state index is 11.3. The molecule has 0 unspecified atom stereocenters. The molecule has 0 aliphatic rings. The topological polar surface area (TPSA) is 73.1 Å². The van der Waals surface area contributed by atoms with Crippen LogP contribution in [0.3, 0.4) is 0 Å². The van der Waals surface area contributed by atoms with Crippen LogP contribution in [0.1, 0.15) is 37.8 Å². The van der Waals surface area contributed by atoms with E-state index in [-0.39, 0.29) is 0 Å². The van der Waals surface area contributed by atoms with Crippen molar-refractivity contribution < 1.29 is 9.90 Å². The number of rotatable bonds is 6. The van der Waals surface area contributed by atoms with Crippen molar-refractivity contribution >= 4 is 5.97 Å². The number of carbonyl (C=O) groups is 1.